The minimum Gasteiger partial charge on any atom is -0.399 e. The number of nitrogens with zero attached hydrogens (tertiary/aromatic N) is 1. The van der Waals surface area contributed by atoms with Crippen molar-refractivity contribution in [2.75, 3.05) is 19.3 Å². The van der Waals surface area contributed by atoms with E-state index in [1.54, 1.807) is 0 Å². The molecule has 0 aliphatic rings. The van der Waals surface area contributed by atoms with Crippen molar-refractivity contribution in [2.24, 2.45) is 0 Å². The normalized spacial score (nSPS) is 10.9. The summed E-state index contributed by atoms with van der Waals surface area (Å²) in [6.45, 7) is 4.27. The number of para-hydroxylation sites is 1. The molecule has 0 fully saturated rings. The molecule has 2 N–H and O–H groups in total. The lowest BCUT2D eigenvalue weighted by molar-refractivity contribution is 0.321. The van der Waals surface area contributed by atoms with Gasteiger partial charge in [0.2, 0.25) is 0 Å². The van der Waals surface area contributed by atoms with Crippen molar-refractivity contribution in [1.82, 2.24) is 4.90 Å². The van der Waals surface area contributed by atoms with Gasteiger partial charge in [0, 0.05) is 12.2 Å². The Morgan fingerprint density at radius 1 is 0.950 bits per heavy atom. The zero-order valence-electron chi connectivity index (χ0n) is 12.5. The standard InChI is InChI=1S/C18H24N2/c1-15-8-3-4-10-17(15)14-20(2)13-7-11-16-9-5-6-12-18(16)19/h3-6,8-10,12H,7,11,13-14,19H2,1-2H3. The molecule has 0 bridgehead atoms. The van der Waals surface area contributed by atoms with E-state index in [1.165, 1.54) is 16.7 Å². The minimum absolute atomic E-state index is 0.911. The van der Waals surface area contributed by atoms with Crippen molar-refractivity contribution in [3.05, 3.63) is 65.2 Å². The molecule has 0 saturated heterocycles. The van der Waals surface area contributed by atoms with Gasteiger partial charge in [0.1, 0.15) is 0 Å². The lowest BCUT2D eigenvalue weighted by atomic mass is 10.1. The molecule has 2 heteroatoms. The van der Waals surface area contributed by atoms with Gasteiger partial charge in [-0.1, -0.05) is 42.5 Å². The smallest absolute Gasteiger partial charge is 0.0346 e. The summed E-state index contributed by atoms with van der Waals surface area (Å²) >= 11 is 0. The summed E-state index contributed by atoms with van der Waals surface area (Å²) in [5.74, 6) is 0. The first-order valence-electron chi connectivity index (χ1n) is 7.23. The van der Waals surface area contributed by atoms with E-state index in [2.05, 4.69) is 55.3 Å². The highest BCUT2D eigenvalue weighted by molar-refractivity contribution is 5.46. The van der Waals surface area contributed by atoms with Gasteiger partial charge in [0.05, 0.1) is 0 Å². The Bertz CT molecular complexity index is 549. The monoisotopic (exact) mass is 268 g/mol. The number of hydrogen-bond donors (Lipinski definition) is 1. The van der Waals surface area contributed by atoms with E-state index in [9.17, 15) is 0 Å². The maximum atomic E-state index is 5.97. The van der Waals surface area contributed by atoms with Gasteiger partial charge >= 0.3 is 0 Å². The Morgan fingerprint density at radius 3 is 2.30 bits per heavy atom. The number of rotatable bonds is 6. The number of nitrogens with two attached hydrogens (primary N) is 1. The molecule has 0 atom stereocenters. The largest absolute Gasteiger partial charge is 0.399 e. The van der Waals surface area contributed by atoms with Crippen LogP contribution in [0.1, 0.15) is 23.1 Å². The third kappa shape index (κ3) is 4.10. The van der Waals surface area contributed by atoms with Gasteiger partial charge in [0.25, 0.3) is 0 Å². The van der Waals surface area contributed by atoms with E-state index in [1.807, 2.05) is 12.1 Å². The van der Waals surface area contributed by atoms with Crippen LogP contribution in [0.5, 0.6) is 0 Å². The number of nitrogen functional groups attached to an aromatic ring is 1. The summed E-state index contributed by atoms with van der Waals surface area (Å²) in [5, 5.41) is 0. The number of benzene rings is 2. The molecule has 0 spiro atoms. The first kappa shape index (κ1) is 14.6. The molecule has 0 aliphatic carbocycles. The molecule has 2 aromatic carbocycles. The Labute approximate surface area is 122 Å². The minimum atomic E-state index is 0.911. The van der Waals surface area contributed by atoms with Gasteiger partial charge in [-0.3, -0.25) is 0 Å². The fourth-order valence-corrected chi connectivity index (χ4v) is 2.46. The van der Waals surface area contributed by atoms with E-state index in [-0.39, 0.29) is 0 Å². The van der Waals surface area contributed by atoms with Crippen LogP contribution in [0.25, 0.3) is 0 Å². The first-order chi connectivity index (χ1) is 9.66. The topological polar surface area (TPSA) is 29.3 Å². The summed E-state index contributed by atoms with van der Waals surface area (Å²) in [5.41, 5.74) is 10.9. The van der Waals surface area contributed by atoms with Gasteiger partial charge < -0.3 is 10.6 Å². The summed E-state index contributed by atoms with van der Waals surface area (Å²) in [4.78, 5) is 2.38. The van der Waals surface area contributed by atoms with E-state index in [0.717, 1.165) is 31.6 Å². The quantitative estimate of drug-likeness (QED) is 0.810. The highest BCUT2D eigenvalue weighted by atomic mass is 15.1. The van der Waals surface area contributed by atoms with E-state index < -0.39 is 0 Å². The maximum absolute atomic E-state index is 5.97. The predicted octanol–water partition coefficient (Wildman–Crippen LogP) is 3.64. The average molecular weight is 268 g/mol. The Morgan fingerprint density at radius 2 is 1.60 bits per heavy atom. The zero-order valence-corrected chi connectivity index (χ0v) is 12.5. The van der Waals surface area contributed by atoms with Crippen LogP contribution in [0.4, 0.5) is 5.69 Å². The van der Waals surface area contributed by atoms with E-state index >= 15 is 0 Å². The molecule has 0 aliphatic heterocycles. The Hall–Kier alpha value is -1.80. The SMILES string of the molecule is Cc1ccccc1CN(C)CCCc1ccccc1N. The highest BCUT2D eigenvalue weighted by Gasteiger charge is 2.03. The Balaban J connectivity index is 1.80. The molecule has 0 aromatic heterocycles. The fourth-order valence-electron chi connectivity index (χ4n) is 2.46. The van der Waals surface area contributed by atoms with Crippen LogP contribution in [-0.4, -0.2) is 18.5 Å². The molecular weight excluding hydrogens is 244 g/mol. The first-order valence-corrected chi connectivity index (χ1v) is 7.23. The van der Waals surface area contributed by atoms with Crippen LogP contribution < -0.4 is 5.73 Å². The average Bonchev–Trinajstić information content (AvgIpc) is 2.43. The predicted molar refractivity (Wildman–Crippen MR) is 86.7 cm³/mol. The molecular formula is C18H24N2. The second-order valence-corrected chi connectivity index (χ2v) is 5.47. The maximum Gasteiger partial charge on any atom is 0.0346 e. The third-order valence-electron chi connectivity index (χ3n) is 3.74. The molecule has 0 saturated carbocycles. The van der Waals surface area contributed by atoms with Crippen LogP contribution in [0.15, 0.2) is 48.5 Å². The van der Waals surface area contributed by atoms with Crippen molar-refractivity contribution in [3.63, 3.8) is 0 Å². The third-order valence-corrected chi connectivity index (χ3v) is 3.74. The van der Waals surface area contributed by atoms with Crippen LogP contribution in [-0.2, 0) is 13.0 Å². The van der Waals surface area contributed by atoms with Crippen molar-refractivity contribution in [2.45, 2.75) is 26.3 Å². The van der Waals surface area contributed by atoms with Crippen molar-refractivity contribution >= 4 is 5.69 Å². The van der Waals surface area contributed by atoms with Crippen molar-refractivity contribution in [3.8, 4) is 0 Å². The molecule has 2 rings (SSSR count). The lowest BCUT2D eigenvalue weighted by Gasteiger charge is -2.18. The Kier molecular flexibility index (Phi) is 5.19. The van der Waals surface area contributed by atoms with Gasteiger partial charge in [-0.25, -0.2) is 0 Å². The summed E-state index contributed by atoms with van der Waals surface area (Å²) in [7, 11) is 2.18. The van der Waals surface area contributed by atoms with E-state index in [4.69, 9.17) is 5.73 Å². The molecule has 0 amide bonds. The van der Waals surface area contributed by atoms with Crippen molar-refractivity contribution in [1.29, 1.82) is 0 Å². The highest BCUT2D eigenvalue weighted by Crippen LogP contribution is 2.14. The zero-order chi connectivity index (χ0) is 14.4. The molecule has 0 unspecified atom stereocenters. The van der Waals surface area contributed by atoms with Crippen LogP contribution in [0.3, 0.4) is 0 Å². The van der Waals surface area contributed by atoms with Gasteiger partial charge in [0.15, 0.2) is 0 Å². The summed E-state index contributed by atoms with van der Waals surface area (Å²) < 4.78 is 0. The molecule has 106 valence electrons. The van der Waals surface area contributed by atoms with Crippen LogP contribution >= 0.6 is 0 Å². The van der Waals surface area contributed by atoms with E-state index in [0.29, 0.717) is 0 Å². The van der Waals surface area contributed by atoms with Gasteiger partial charge in [-0.2, -0.15) is 0 Å². The molecule has 20 heavy (non-hydrogen) atoms. The van der Waals surface area contributed by atoms with Crippen LogP contribution in [0.2, 0.25) is 0 Å². The second kappa shape index (κ2) is 7.11. The molecule has 0 radical (unpaired) electrons. The number of aryl methyl sites for hydroxylation is 2. The fraction of sp³-hybridized carbons (Fsp3) is 0.333. The summed E-state index contributed by atoms with van der Waals surface area (Å²) in [6, 6.07) is 16.7. The molecule has 0 heterocycles. The van der Waals surface area contributed by atoms with Crippen molar-refractivity contribution < 1.29 is 0 Å². The van der Waals surface area contributed by atoms with Gasteiger partial charge in [-0.05, 0) is 56.1 Å². The summed E-state index contributed by atoms with van der Waals surface area (Å²) in [6.07, 6.45) is 2.18. The molecule has 2 nitrogen and oxygen atoms in total. The number of hydrogen-bond acceptors (Lipinski definition) is 2. The van der Waals surface area contributed by atoms with Crippen LogP contribution in [0, 0.1) is 6.92 Å². The lowest BCUT2D eigenvalue weighted by Crippen LogP contribution is -2.20. The number of anilines is 1. The molecule has 2 aromatic rings. The van der Waals surface area contributed by atoms with Gasteiger partial charge in [-0.15, -0.1) is 0 Å². The second-order valence-electron chi connectivity index (χ2n) is 5.47.